The van der Waals surface area contributed by atoms with Crippen LogP contribution in [0.1, 0.15) is 30.5 Å². The lowest BCUT2D eigenvalue weighted by atomic mass is 9.84. The summed E-state index contributed by atoms with van der Waals surface area (Å²) in [4.78, 5) is 23.6. The Balaban J connectivity index is 1.87. The lowest BCUT2D eigenvalue weighted by Crippen LogP contribution is -2.10. The Morgan fingerprint density at radius 1 is 0.923 bits per heavy atom. The number of ether oxygens (including phenoxy) is 1. The van der Waals surface area contributed by atoms with Gasteiger partial charge in [0.05, 0.1) is 0 Å². The van der Waals surface area contributed by atoms with Crippen molar-refractivity contribution in [2.75, 3.05) is 0 Å². The highest BCUT2D eigenvalue weighted by Crippen LogP contribution is 2.36. The van der Waals surface area contributed by atoms with Gasteiger partial charge in [0.2, 0.25) is 0 Å². The van der Waals surface area contributed by atoms with Crippen LogP contribution in [0.15, 0.2) is 60.7 Å². The van der Waals surface area contributed by atoms with Crippen LogP contribution in [0.2, 0.25) is 0 Å². The summed E-state index contributed by atoms with van der Waals surface area (Å²) in [6.45, 7) is 10.7. The lowest BCUT2D eigenvalue weighted by molar-refractivity contribution is -0.130. The topological polar surface area (TPSA) is 43.4 Å². The quantitative estimate of drug-likeness (QED) is 0.451. The van der Waals surface area contributed by atoms with E-state index in [2.05, 4.69) is 25.3 Å². The van der Waals surface area contributed by atoms with E-state index < -0.39 is 5.97 Å². The zero-order valence-electron chi connectivity index (χ0n) is 15.2. The maximum Gasteiger partial charge on any atom is 0.338 e. The SMILES string of the molecule is C=C(C)C(=O)Cc1ccc2c(c1)CCc1cc(OC(=O)C(=C)C)ccc1-2. The smallest absolute Gasteiger partial charge is 0.338 e. The van der Waals surface area contributed by atoms with E-state index in [0.717, 1.165) is 29.5 Å². The molecule has 0 saturated carbocycles. The Labute approximate surface area is 154 Å². The molecule has 26 heavy (non-hydrogen) atoms. The molecule has 0 bridgehead atoms. The molecule has 2 aromatic carbocycles. The molecule has 0 aliphatic heterocycles. The number of esters is 1. The summed E-state index contributed by atoms with van der Waals surface area (Å²) in [6, 6.07) is 11.9. The summed E-state index contributed by atoms with van der Waals surface area (Å²) in [5.41, 5.74) is 6.73. The molecule has 3 nitrogen and oxygen atoms in total. The monoisotopic (exact) mass is 346 g/mol. The van der Waals surface area contributed by atoms with Crippen molar-refractivity contribution >= 4 is 11.8 Å². The molecule has 1 aliphatic carbocycles. The minimum Gasteiger partial charge on any atom is -0.423 e. The number of fused-ring (bicyclic) bond motifs is 3. The zero-order valence-corrected chi connectivity index (χ0v) is 15.2. The van der Waals surface area contributed by atoms with Crippen molar-refractivity contribution in [1.82, 2.24) is 0 Å². The van der Waals surface area contributed by atoms with Gasteiger partial charge in [0, 0.05) is 12.0 Å². The molecule has 0 saturated heterocycles. The average molecular weight is 346 g/mol. The van der Waals surface area contributed by atoms with Crippen molar-refractivity contribution in [3.8, 4) is 16.9 Å². The first kappa shape index (κ1) is 17.9. The van der Waals surface area contributed by atoms with Crippen molar-refractivity contribution in [3.05, 3.63) is 77.4 Å². The fraction of sp³-hybridized carbons (Fsp3) is 0.217. The molecule has 0 amide bonds. The molecule has 1 aliphatic rings. The fourth-order valence-corrected chi connectivity index (χ4v) is 3.13. The van der Waals surface area contributed by atoms with Crippen LogP contribution >= 0.6 is 0 Å². The summed E-state index contributed by atoms with van der Waals surface area (Å²) in [5, 5.41) is 0. The molecule has 132 valence electrons. The molecule has 0 unspecified atom stereocenters. The van der Waals surface area contributed by atoms with Gasteiger partial charge in [-0.1, -0.05) is 37.4 Å². The predicted octanol–water partition coefficient (Wildman–Crippen LogP) is 4.62. The van der Waals surface area contributed by atoms with Crippen molar-refractivity contribution < 1.29 is 14.3 Å². The summed E-state index contributed by atoms with van der Waals surface area (Å²) in [6.07, 6.45) is 2.17. The predicted molar refractivity (Wildman–Crippen MR) is 103 cm³/mol. The zero-order chi connectivity index (χ0) is 18.8. The second-order valence-corrected chi connectivity index (χ2v) is 6.86. The minimum absolute atomic E-state index is 0.0742. The number of hydrogen-bond donors (Lipinski definition) is 0. The van der Waals surface area contributed by atoms with E-state index in [4.69, 9.17) is 4.74 Å². The summed E-state index contributed by atoms with van der Waals surface area (Å²) in [5.74, 6) is 0.210. The minimum atomic E-state index is -0.409. The average Bonchev–Trinajstić information content (AvgIpc) is 2.61. The Bertz CT molecular complexity index is 857. The van der Waals surface area contributed by atoms with Gasteiger partial charge in [0.25, 0.3) is 0 Å². The fourth-order valence-electron chi connectivity index (χ4n) is 3.13. The molecular formula is C23H22O3. The van der Waals surface area contributed by atoms with Crippen molar-refractivity contribution in [3.63, 3.8) is 0 Å². The second-order valence-electron chi connectivity index (χ2n) is 6.86. The van der Waals surface area contributed by atoms with E-state index in [1.807, 2.05) is 24.3 Å². The maximum atomic E-state index is 11.9. The van der Waals surface area contributed by atoms with Gasteiger partial charge in [-0.2, -0.15) is 0 Å². The highest BCUT2D eigenvalue weighted by Gasteiger charge is 2.18. The second kappa shape index (κ2) is 7.12. The van der Waals surface area contributed by atoms with Gasteiger partial charge in [-0.3, -0.25) is 4.79 Å². The van der Waals surface area contributed by atoms with Gasteiger partial charge >= 0.3 is 5.97 Å². The maximum absolute atomic E-state index is 11.9. The lowest BCUT2D eigenvalue weighted by Gasteiger charge is -2.21. The standard InChI is InChI=1S/C23H22O3/c1-14(2)22(24)12-16-5-9-20-17(11-16)6-7-18-13-19(8-10-21(18)20)26-23(25)15(3)4/h5,8-11,13H,1,3,6-7,12H2,2,4H3. The van der Waals surface area contributed by atoms with Gasteiger partial charge in [-0.25, -0.2) is 4.79 Å². The third-order valence-corrected chi connectivity index (χ3v) is 4.60. The highest BCUT2D eigenvalue weighted by atomic mass is 16.5. The summed E-state index contributed by atoms with van der Waals surface area (Å²) < 4.78 is 5.33. The number of carbonyl (C=O) groups excluding carboxylic acids is 2. The van der Waals surface area contributed by atoms with Crippen molar-refractivity contribution in [2.45, 2.75) is 33.1 Å². The normalized spacial score (nSPS) is 11.9. The van der Waals surface area contributed by atoms with Crippen LogP contribution in [-0.4, -0.2) is 11.8 Å². The first-order valence-electron chi connectivity index (χ1n) is 8.66. The Kier molecular flexibility index (Phi) is 4.90. The third kappa shape index (κ3) is 3.67. The van der Waals surface area contributed by atoms with Crippen molar-refractivity contribution in [1.29, 1.82) is 0 Å². The highest BCUT2D eigenvalue weighted by molar-refractivity contribution is 5.95. The van der Waals surface area contributed by atoms with E-state index in [1.54, 1.807) is 13.8 Å². The summed E-state index contributed by atoms with van der Waals surface area (Å²) >= 11 is 0. The molecule has 2 aromatic rings. The number of hydrogen-bond acceptors (Lipinski definition) is 3. The van der Waals surface area contributed by atoms with Gasteiger partial charge in [0.15, 0.2) is 5.78 Å². The number of benzene rings is 2. The van der Waals surface area contributed by atoms with Crippen LogP contribution < -0.4 is 4.74 Å². The van der Waals surface area contributed by atoms with E-state index in [1.165, 1.54) is 11.1 Å². The molecule has 0 radical (unpaired) electrons. The number of Topliss-reactive ketones (excluding diaryl/α,β-unsaturated/α-hetero) is 1. The first-order valence-corrected chi connectivity index (χ1v) is 8.66. The van der Waals surface area contributed by atoms with Gasteiger partial charge in [-0.05, 0) is 72.2 Å². The van der Waals surface area contributed by atoms with Crippen molar-refractivity contribution in [2.24, 2.45) is 0 Å². The van der Waals surface area contributed by atoms with Gasteiger partial charge in [-0.15, -0.1) is 0 Å². The third-order valence-electron chi connectivity index (χ3n) is 4.60. The van der Waals surface area contributed by atoms with E-state index in [9.17, 15) is 9.59 Å². The Morgan fingerprint density at radius 3 is 2.15 bits per heavy atom. The van der Waals surface area contributed by atoms with Crippen LogP contribution in [0.25, 0.3) is 11.1 Å². The number of carbonyl (C=O) groups is 2. The molecule has 3 rings (SSSR count). The van der Waals surface area contributed by atoms with Gasteiger partial charge < -0.3 is 4.74 Å². The molecule has 0 aromatic heterocycles. The van der Waals surface area contributed by atoms with Crippen LogP contribution in [0.4, 0.5) is 0 Å². The number of rotatable bonds is 5. The largest absolute Gasteiger partial charge is 0.423 e. The van der Waals surface area contributed by atoms with Gasteiger partial charge in [0.1, 0.15) is 5.75 Å². The Hall–Kier alpha value is -2.94. The molecular weight excluding hydrogens is 324 g/mol. The Morgan fingerprint density at radius 2 is 1.54 bits per heavy atom. The number of allylic oxidation sites excluding steroid dienone is 1. The molecule has 0 spiro atoms. The molecule has 3 heteroatoms. The van der Waals surface area contributed by atoms with E-state index in [0.29, 0.717) is 23.3 Å². The number of ketones is 1. The number of aryl methyl sites for hydroxylation is 2. The molecule has 0 atom stereocenters. The van der Waals surface area contributed by atoms with Crippen LogP contribution in [0.5, 0.6) is 5.75 Å². The van der Waals surface area contributed by atoms with Crippen LogP contribution in [-0.2, 0) is 28.9 Å². The first-order chi connectivity index (χ1) is 12.3. The molecule has 0 N–H and O–H groups in total. The van der Waals surface area contributed by atoms with E-state index in [-0.39, 0.29) is 5.78 Å². The van der Waals surface area contributed by atoms with E-state index >= 15 is 0 Å². The molecule has 0 heterocycles. The van der Waals surface area contributed by atoms with Crippen LogP contribution in [0, 0.1) is 0 Å². The summed E-state index contributed by atoms with van der Waals surface area (Å²) in [7, 11) is 0. The van der Waals surface area contributed by atoms with Crippen LogP contribution in [0.3, 0.4) is 0 Å². The molecule has 0 fully saturated rings.